The van der Waals surface area contributed by atoms with Crippen LogP contribution < -0.4 is 40.5 Å². The Morgan fingerprint density at radius 3 is 1.10 bits per heavy atom. The van der Waals surface area contributed by atoms with Crippen LogP contribution in [-0.2, 0) is 9.13 Å². The lowest BCUT2D eigenvalue weighted by atomic mass is 9.84. The summed E-state index contributed by atoms with van der Waals surface area (Å²) >= 11 is 0. The van der Waals surface area contributed by atoms with Crippen LogP contribution in [0.4, 0.5) is 34.1 Å². The Balaban J connectivity index is 0.872. The van der Waals surface area contributed by atoms with Crippen molar-refractivity contribution >= 4 is 80.4 Å². The molecule has 0 bridgehead atoms. The van der Waals surface area contributed by atoms with Crippen molar-refractivity contribution < 1.29 is 18.6 Å². The van der Waals surface area contributed by atoms with Gasteiger partial charge in [0, 0.05) is 45.2 Å². The maximum Gasteiger partial charge on any atom is 0.157 e. The van der Waals surface area contributed by atoms with Gasteiger partial charge in [0.05, 0.1) is 32.6 Å². The van der Waals surface area contributed by atoms with Crippen molar-refractivity contribution in [1.29, 1.82) is 0 Å². The first-order chi connectivity index (χ1) is 50.3. The van der Waals surface area contributed by atoms with Gasteiger partial charge in [-0.05, 0) is 219 Å². The standard InChI is InChI=1S/C94H68N2O4P2/c97-101(75-40-15-5-16-41-75)91-52-27-25-50-87(91)99-89-63-66(54-56-93(89)101)65-30-29-31-67(58-65)81-59-69-62-84(80-47-22-24-49-86(80)96(73-36-11-3-12-37-73)74-38-13-4-14-39-74)82(60-70(69)61-83(81)79-46-21-23-48-85(79)95(71-32-7-1-8-33-71)72-34-9-2-10-35-72)78-45-20-19-44-77(78)68-55-57-94-90(64-68)100-88-51-26-28-53-92(88)102(94,98)76-42-17-6-18-43-76/h1-40,42,44-64,75-76H,41,43H2. The topological polar surface area (TPSA) is 59.1 Å². The Morgan fingerprint density at radius 1 is 0.265 bits per heavy atom. The summed E-state index contributed by atoms with van der Waals surface area (Å²) in [5.41, 5.74) is 17.9. The summed E-state index contributed by atoms with van der Waals surface area (Å²) in [5, 5.41) is 5.10. The average molecular weight is 1350 g/mol. The second-order valence-corrected chi connectivity index (χ2v) is 32.3. The van der Waals surface area contributed by atoms with Crippen molar-refractivity contribution in [3.05, 3.63) is 376 Å². The Hall–Kier alpha value is -12.0. The SMILES string of the molecule is O=P1(C2C=CC=CC2)c2ccccc2Oc2cc(-c3cccc(-c4cc5cc(-c6ccccc6N(c6ccccc6)c6ccccc6)c(-c6ccccc6-c6ccc7c(c6)Oc6ccccc6P7(=O)C6C=CC=CC6)cc5cc4-c4ccccc4N(c4ccccc4)c4ccccc4)c3)ccc21. The first-order valence-electron chi connectivity index (χ1n) is 34.9. The van der Waals surface area contributed by atoms with Crippen molar-refractivity contribution in [2.75, 3.05) is 9.80 Å². The Morgan fingerprint density at radius 2 is 0.618 bits per heavy atom. The molecule has 14 aromatic rings. The molecule has 0 saturated heterocycles. The van der Waals surface area contributed by atoms with Gasteiger partial charge in [0.1, 0.15) is 23.0 Å². The van der Waals surface area contributed by atoms with Crippen LogP contribution in [0.1, 0.15) is 12.8 Å². The highest BCUT2D eigenvalue weighted by molar-refractivity contribution is 7.80. The van der Waals surface area contributed by atoms with Gasteiger partial charge in [-0.15, -0.1) is 0 Å². The summed E-state index contributed by atoms with van der Waals surface area (Å²) in [5.74, 6) is 2.50. The maximum absolute atomic E-state index is 16.1. The molecule has 8 heteroatoms. The van der Waals surface area contributed by atoms with Gasteiger partial charge in [0.2, 0.25) is 0 Å². The predicted octanol–water partition coefficient (Wildman–Crippen LogP) is 24.4. The van der Waals surface area contributed by atoms with Crippen LogP contribution in [0.25, 0.3) is 77.5 Å². The third-order valence-electron chi connectivity index (χ3n) is 20.4. The molecule has 4 atom stereocenters. The molecular weight excluding hydrogens is 1280 g/mol. The second kappa shape index (κ2) is 26.2. The second-order valence-electron chi connectivity index (χ2n) is 26.4. The number of para-hydroxylation sites is 8. The van der Waals surface area contributed by atoms with Crippen LogP contribution in [-0.4, -0.2) is 11.3 Å². The highest BCUT2D eigenvalue weighted by Gasteiger charge is 2.44. The molecule has 0 fully saturated rings. The van der Waals surface area contributed by atoms with Crippen molar-refractivity contribution in [3.63, 3.8) is 0 Å². The van der Waals surface area contributed by atoms with E-state index in [2.05, 4.69) is 313 Å². The number of hydrogen-bond acceptors (Lipinski definition) is 6. The van der Waals surface area contributed by atoms with E-state index in [0.29, 0.717) is 35.8 Å². The maximum atomic E-state index is 16.1. The molecule has 2 heterocycles. The lowest BCUT2D eigenvalue weighted by Crippen LogP contribution is -2.30. The summed E-state index contributed by atoms with van der Waals surface area (Å²) in [7, 11) is -6.40. The largest absolute Gasteiger partial charge is 0.456 e. The molecule has 2 aliphatic carbocycles. The molecular formula is C94H68N2O4P2. The Labute approximate surface area is 595 Å². The van der Waals surface area contributed by atoms with Gasteiger partial charge in [-0.25, -0.2) is 0 Å². The first-order valence-corrected chi connectivity index (χ1v) is 38.4. The predicted molar refractivity (Wildman–Crippen MR) is 426 cm³/mol. The quantitative estimate of drug-likeness (QED) is 0.101. The zero-order chi connectivity index (χ0) is 68.1. The monoisotopic (exact) mass is 1350 g/mol. The van der Waals surface area contributed by atoms with Crippen molar-refractivity contribution in [3.8, 4) is 89.8 Å². The summed E-state index contributed by atoms with van der Waals surface area (Å²) in [4.78, 5) is 4.72. The Kier molecular flexibility index (Phi) is 16.0. The van der Waals surface area contributed by atoms with Crippen LogP contribution >= 0.6 is 14.3 Å². The van der Waals surface area contributed by atoms with Gasteiger partial charge in [-0.1, -0.05) is 237 Å². The fraction of sp³-hybridized carbons (Fsp3) is 0.0426. The van der Waals surface area contributed by atoms with Crippen LogP contribution in [0.15, 0.2) is 376 Å². The number of fused-ring (bicyclic) bond motifs is 5. The molecule has 2 aliphatic heterocycles. The molecule has 0 saturated carbocycles. The van der Waals surface area contributed by atoms with E-state index in [9.17, 15) is 0 Å². The molecule has 4 unspecified atom stereocenters. The van der Waals surface area contributed by atoms with Gasteiger partial charge >= 0.3 is 0 Å². The van der Waals surface area contributed by atoms with E-state index >= 15 is 9.13 Å². The summed E-state index contributed by atoms with van der Waals surface area (Å²) < 4.78 is 45.6. The summed E-state index contributed by atoms with van der Waals surface area (Å²) in [6.45, 7) is 0. The lowest BCUT2D eigenvalue weighted by molar-refractivity contribution is 0.484. The van der Waals surface area contributed by atoms with E-state index in [0.717, 1.165) is 133 Å². The highest BCUT2D eigenvalue weighted by atomic mass is 31.2. The van der Waals surface area contributed by atoms with Gasteiger partial charge in [-0.3, -0.25) is 0 Å². The smallest absolute Gasteiger partial charge is 0.157 e. The zero-order valence-electron chi connectivity index (χ0n) is 55.8. The number of nitrogens with zero attached hydrogens (tertiary/aromatic N) is 2. The molecule has 0 aromatic heterocycles. The molecule has 0 amide bonds. The minimum absolute atomic E-state index is 0.186. The van der Waals surface area contributed by atoms with Gasteiger partial charge in [0.25, 0.3) is 0 Å². The number of allylic oxidation sites excluding steroid dienone is 8. The van der Waals surface area contributed by atoms with E-state index < -0.39 is 14.3 Å². The van der Waals surface area contributed by atoms with Gasteiger partial charge < -0.3 is 28.4 Å². The summed E-state index contributed by atoms with van der Waals surface area (Å²) in [6.07, 6.45) is 17.9. The van der Waals surface area contributed by atoms with E-state index in [1.165, 1.54) is 0 Å². The molecule has 14 aromatic carbocycles. The van der Waals surface area contributed by atoms with Crippen LogP contribution in [0.2, 0.25) is 0 Å². The fourth-order valence-electron chi connectivity index (χ4n) is 15.7. The number of anilines is 6. The molecule has 4 aliphatic rings. The molecule has 102 heavy (non-hydrogen) atoms. The van der Waals surface area contributed by atoms with Crippen molar-refractivity contribution in [2.24, 2.45) is 0 Å². The zero-order valence-corrected chi connectivity index (χ0v) is 57.6. The van der Waals surface area contributed by atoms with E-state index in [1.807, 2.05) is 72.8 Å². The fourth-order valence-corrected chi connectivity index (χ4v) is 22.1. The molecule has 18 rings (SSSR count). The minimum Gasteiger partial charge on any atom is -0.456 e. The average Bonchev–Trinajstić information content (AvgIpc) is 0.734. The third kappa shape index (κ3) is 10.9. The highest BCUT2D eigenvalue weighted by Crippen LogP contribution is 2.61. The van der Waals surface area contributed by atoms with Gasteiger partial charge in [0.15, 0.2) is 14.3 Å². The molecule has 0 radical (unpaired) electrons. The molecule has 6 nitrogen and oxygen atoms in total. The van der Waals surface area contributed by atoms with Crippen LogP contribution in [0.5, 0.6) is 23.0 Å². The van der Waals surface area contributed by atoms with E-state index in [-0.39, 0.29) is 11.3 Å². The lowest BCUT2D eigenvalue weighted by Gasteiger charge is -2.33. The minimum atomic E-state index is -3.22. The molecule has 0 spiro atoms. The van der Waals surface area contributed by atoms with Crippen molar-refractivity contribution in [1.82, 2.24) is 0 Å². The van der Waals surface area contributed by atoms with Gasteiger partial charge in [-0.2, -0.15) is 0 Å². The Bertz CT molecular complexity index is 5750. The number of hydrogen-bond donors (Lipinski definition) is 0. The van der Waals surface area contributed by atoms with E-state index in [1.54, 1.807) is 0 Å². The van der Waals surface area contributed by atoms with Crippen molar-refractivity contribution in [2.45, 2.75) is 24.2 Å². The molecule has 488 valence electrons. The first kappa shape index (κ1) is 62.2. The van der Waals surface area contributed by atoms with Crippen LogP contribution in [0.3, 0.4) is 0 Å². The summed E-state index contributed by atoms with van der Waals surface area (Å²) in [6, 6.07) is 116. The number of benzene rings is 14. The third-order valence-corrected chi connectivity index (χ3v) is 27.4. The number of rotatable bonds is 14. The van der Waals surface area contributed by atoms with E-state index in [4.69, 9.17) is 9.47 Å². The number of ether oxygens (including phenoxy) is 2. The normalized spacial score (nSPS) is 17.5. The molecule has 0 N–H and O–H groups in total. The van der Waals surface area contributed by atoms with Crippen LogP contribution in [0, 0.1) is 0 Å².